The van der Waals surface area contributed by atoms with Crippen LogP contribution >= 0.6 is 0 Å². The van der Waals surface area contributed by atoms with Gasteiger partial charge in [0, 0.05) is 36.9 Å². The molecule has 2 amide bonds. The number of rotatable bonds is 5. The molecule has 0 unspecified atom stereocenters. The molecule has 3 N–H and O–H groups in total. The zero-order valence-electron chi connectivity index (χ0n) is 13.2. The van der Waals surface area contributed by atoms with Crippen molar-refractivity contribution in [1.29, 1.82) is 0 Å². The maximum atomic E-state index is 11.8. The van der Waals surface area contributed by atoms with E-state index in [4.69, 9.17) is 0 Å². The van der Waals surface area contributed by atoms with Crippen molar-refractivity contribution >= 4 is 17.4 Å². The van der Waals surface area contributed by atoms with Crippen molar-refractivity contribution < 1.29 is 4.79 Å². The number of carbonyl (C=O) groups excluding carboxylic acids is 1. The first-order valence-electron chi connectivity index (χ1n) is 7.33. The average Bonchev–Trinajstić information content (AvgIpc) is 2.46. The van der Waals surface area contributed by atoms with E-state index in [1.165, 1.54) is 0 Å². The molecule has 1 aromatic heterocycles. The average molecular weight is 298 g/mol. The van der Waals surface area contributed by atoms with Crippen LogP contribution in [0.4, 0.5) is 16.2 Å². The van der Waals surface area contributed by atoms with Crippen molar-refractivity contribution in [3.8, 4) is 0 Å². The van der Waals surface area contributed by atoms with Crippen LogP contribution in [0.2, 0.25) is 0 Å². The van der Waals surface area contributed by atoms with E-state index in [0.29, 0.717) is 13.1 Å². The van der Waals surface area contributed by atoms with E-state index in [1.807, 2.05) is 57.4 Å². The lowest BCUT2D eigenvalue weighted by molar-refractivity contribution is 0.252. The molecule has 2 aromatic rings. The smallest absolute Gasteiger partial charge is 0.319 e. The summed E-state index contributed by atoms with van der Waals surface area (Å²) in [7, 11) is 0. The SMILES string of the molecule is Cc1cccc(NC(=O)NCCNc2c(C)cncc2C)c1. The Kier molecular flexibility index (Phi) is 5.36. The van der Waals surface area contributed by atoms with E-state index in [-0.39, 0.29) is 6.03 Å². The van der Waals surface area contributed by atoms with Gasteiger partial charge in [-0.15, -0.1) is 0 Å². The van der Waals surface area contributed by atoms with Crippen LogP contribution in [-0.4, -0.2) is 24.1 Å². The van der Waals surface area contributed by atoms with E-state index in [2.05, 4.69) is 20.9 Å². The van der Waals surface area contributed by atoms with Crippen LogP contribution in [0.1, 0.15) is 16.7 Å². The third-order valence-corrected chi connectivity index (χ3v) is 3.31. The molecule has 0 bridgehead atoms. The normalized spacial score (nSPS) is 10.1. The highest BCUT2D eigenvalue weighted by atomic mass is 16.2. The molecule has 0 spiro atoms. The highest BCUT2D eigenvalue weighted by molar-refractivity contribution is 5.89. The van der Waals surface area contributed by atoms with Crippen LogP contribution in [0, 0.1) is 20.8 Å². The number of carbonyl (C=O) groups is 1. The van der Waals surface area contributed by atoms with Crippen LogP contribution in [0.25, 0.3) is 0 Å². The number of amides is 2. The van der Waals surface area contributed by atoms with Gasteiger partial charge in [0.15, 0.2) is 0 Å². The van der Waals surface area contributed by atoms with Gasteiger partial charge < -0.3 is 16.0 Å². The fourth-order valence-electron chi connectivity index (χ4n) is 2.24. The zero-order chi connectivity index (χ0) is 15.9. The Morgan fingerprint density at radius 2 is 1.82 bits per heavy atom. The number of hydrogen-bond acceptors (Lipinski definition) is 3. The van der Waals surface area contributed by atoms with Gasteiger partial charge in [0.2, 0.25) is 0 Å². The highest BCUT2D eigenvalue weighted by Gasteiger charge is 2.03. The number of pyridine rings is 1. The second kappa shape index (κ2) is 7.45. The van der Waals surface area contributed by atoms with Crippen molar-refractivity contribution in [2.45, 2.75) is 20.8 Å². The van der Waals surface area contributed by atoms with Gasteiger partial charge in [0.1, 0.15) is 0 Å². The minimum Gasteiger partial charge on any atom is -0.383 e. The van der Waals surface area contributed by atoms with Crippen molar-refractivity contribution in [3.05, 3.63) is 53.3 Å². The van der Waals surface area contributed by atoms with Crippen LogP contribution in [0.15, 0.2) is 36.7 Å². The molecule has 0 aliphatic rings. The molecule has 1 aromatic carbocycles. The monoisotopic (exact) mass is 298 g/mol. The maximum absolute atomic E-state index is 11.8. The van der Waals surface area contributed by atoms with Gasteiger partial charge in [0.25, 0.3) is 0 Å². The molecule has 0 saturated carbocycles. The molecule has 2 rings (SSSR count). The Morgan fingerprint density at radius 3 is 2.50 bits per heavy atom. The first-order valence-corrected chi connectivity index (χ1v) is 7.33. The largest absolute Gasteiger partial charge is 0.383 e. The molecule has 5 nitrogen and oxygen atoms in total. The van der Waals surface area contributed by atoms with E-state index in [0.717, 1.165) is 28.1 Å². The number of benzene rings is 1. The number of urea groups is 1. The molecular weight excluding hydrogens is 276 g/mol. The Hall–Kier alpha value is -2.56. The van der Waals surface area contributed by atoms with Crippen LogP contribution in [0.5, 0.6) is 0 Å². The Balaban J connectivity index is 1.76. The van der Waals surface area contributed by atoms with Gasteiger partial charge in [0.05, 0.1) is 0 Å². The minimum absolute atomic E-state index is 0.199. The number of anilines is 2. The number of nitrogens with zero attached hydrogens (tertiary/aromatic N) is 1. The lowest BCUT2D eigenvalue weighted by atomic mass is 10.2. The first kappa shape index (κ1) is 15.8. The molecule has 0 saturated heterocycles. The van der Waals surface area contributed by atoms with E-state index in [1.54, 1.807) is 0 Å². The van der Waals surface area contributed by atoms with E-state index < -0.39 is 0 Å². The zero-order valence-corrected chi connectivity index (χ0v) is 13.2. The lowest BCUT2D eigenvalue weighted by Gasteiger charge is -2.13. The summed E-state index contributed by atoms with van der Waals surface area (Å²) in [6.07, 6.45) is 3.65. The number of hydrogen-bond donors (Lipinski definition) is 3. The van der Waals surface area contributed by atoms with Crippen molar-refractivity contribution in [3.63, 3.8) is 0 Å². The summed E-state index contributed by atoms with van der Waals surface area (Å²) in [5.41, 5.74) is 5.19. The number of nitrogens with one attached hydrogen (secondary N) is 3. The fraction of sp³-hybridized carbons (Fsp3) is 0.294. The third-order valence-electron chi connectivity index (χ3n) is 3.31. The predicted molar refractivity (Wildman–Crippen MR) is 90.4 cm³/mol. The molecular formula is C17H22N4O. The Bertz CT molecular complexity index is 635. The van der Waals surface area contributed by atoms with Gasteiger partial charge in [-0.05, 0) is 49.6 Å². The van der Waals surface area contributed by atoms with Crippen molar-refractivity contribution in [2.75, 3.05) is 23.7 Å². The highest BCUT2D eigenvalue weighted by Crippen LogP contribution is 2.17. The van der Waals surface area contributed by atoms with Gasteiger partial charge in [-0.1, -0.05) is 12.1 Å². The molecule has 0 aliphatic heterocycles. The van der Waals surface area contributed by atoms with Crippen molar-refractivity contribution in [1.82, 2.24) is 10.3 Å². The summed E-state index contributed by atoms with van der Waals surface area (Å²) in [6, 6.07) is 7.51. The summed E-state index contributed by atoms with van der Waals surface area (Å²) in [5.74, 6) is 0. The van der Waals surface area contributed by atoms with E-state index >= 15 is 0 Å². The summed E-state index contributed by atoms with van der Waals surface area (Å²) in [6.45, 7) is 7.22. The van der Waals surface area contributed by atoms with Crippen molar-refractivity contribution in [2.24, 2.45) is 0 Å². The quantitative estimate of drug-likeness (QED) is 0.742. The summed E-state index contributed by atoms with van der Waals surface area (Å²) < 4.78 is 0. The van der Waals surface area contributed by atoms with Crippen LogP contribution in [-0.2, 0) is 0 Å². The van der Waals surface area contributed by atoms with Gasteiger partial charge in [-0.25, -0.2) is 4.79 Å². The maximum Gasteiger partial charge on any atom is 0.319 e. The molecule has 1 heterocycles. The second-order valence-electron chi connectivity index (χ2n) is 5.33. The molecule has 0 atom stereocenters. The van der Waals surface area contributed by atoms with E-state index in [9.17, 15) is 4.79 Å². The molecule has 5 heteroatoms. The van der Waals surface area contributed by atoms with Gasteiger partial charge in [-0.3, -0.25) is 4.98 Å². The molecule has 0 radical (unpaired) electrons. The Labute approximate surface area is 131 Å². The third kappa shape index (κ3) is 4.48. The second-order valence-corrected chi connectivity index (χ2v) is 5.33. The molecule has 0 aliphatic carbocycles. The standard InChI is InChI=1S/C17H22N4O/c1-12-5-4-6-15(9-12)21-17(22)20-8-7-19-16-13(2)10-18-11-14(16)3/h4-6,9-11H,7-8H2,1-3H3,(H,18,19)(H2,20,21,22). The van der Waals surface area contributed by atoms with Gasteiger partial charge in [-0.2, -0.15) is 0 Å². The molecule has 116 valence electrons. The molecule has 22 heavy (non-hydrogen) atoms. The summed E-state index contributed by atoms with van der Waals surface area (Å²) in [4.78, 5) is 15.9. The summed E-state index contributed by atoms with van der Waals surface area (Å²) in [5, 5.41) is 8.98. The summed E-state index contributed by atoms with van der Waals surface area (Å²) >= 11 is 0. The number of aryl methyl sites for hydroxylation is 3. The van der Waals surface area contributed by atoms with Crippen LogP contribution < -0.4 is 16.0 Å². The lowest BCUT2D eigenvalue weighted by Crippen LogP contribution is -2.32. The molecule has 0 fully saturated rings. The Morgan fingerprint density at radius 1 is 1.09 bits per heavy atom. The van der Waals surface area contributed by atoms with Crippen LogP contribution in [0.3, 0.4) is 0 Å². The first-order chi connectivity index (χ1) is 10.6. The topological polar surface area (TPSA) is 66.1 Å². The number of aromatic nitrogens is 1. The van der Waals surface area contributed by atoms with Gasteiger partial charge >= 0.3 is 6.03 Å². The fourth-order valence-corrected chi connectivity index (χ4v) is 2.24. The predicted octanol–water partition coefficient (Wildman–Crippen LogP) is 3.24. The minimum atomic E-state index is -0.199.